The largest absolute Gasteiger partial charge is 0.398 e. The van der Waals surface area contributed by atoms with Crippen LogP contribution in [0.5, 0.6) is 0 Å². The summed E-state index contributed by atoms with van der Waals surface area (Å²) in [5.74, 6) is -1.16. The number of hydrogen-bond acceptors (Lipinski definition) is 8. The first-order valence-corrected chi connectivity index (χ1v) is 14.5. The molecule has 0 bridgehead atoms. The first-order chi connectivity index (χ1) is 20.8. The van der Waals surface area contributed by atoms with Crippen molar-refractivity contribution in [2.75, 3.05) is 30.3 Å². The van der Waals surface area contributed by atoms with Crippen molar-refractivity contribution in [2.45, 2.75) is 50.5 Å². The summed E-state index contributed by atoms with van der Waals surface area (Å²) in [6.45, 7) is 6.56. The molecule has 2 saturated carbocycles. The molecule has 3 aromatic heterocycles. The number of nitrogens with zero attached hydrogens (tertiary/aromatic N) is 7. The molecule has 3 aliphatic rings. The van der Waals surface area contributed by atoms with E-state index in [9.17, 15) is 9.59 Å². The average molecular weight is 585 g/mol. The van der Waals surface area contributed by atoms with E-state index in [1.165, 1.54) is 41.2 Å². The minimum absolute atomic E-state index is 0.0194. The lowest BCUT2D eigenvalue weighted by atomic mass is 10.1. The molecule has 0 radical (unpaired) electrons. The SMILES string of the molecule is C=CC(=O)N1CCN(c2nc(=O)n(-c3c(C4CC4)ncnc3C3CC3)c3nc(-c4c(N)cccc4F)c(F)cc23)C(C)C1. The molecule has 4 heterocycles. The summed E-state index contributed by atoms with van der Waals surface area (Å²) in [5, 5.41) is 0.276. The maximum Gasteiger partial charge on any atom is 0.355 e. The Morgan fingerprint density at radius 3 is 2.35 bits per heavy atom. The zero-order chi connectivity index (χ0) is 30.0. The Kier molecular flexibility index (Phi) is 6.44. The lowest BCUT2D eigenvalue weighted by Gasteiger charge is -2.40. The van der Waals surface area contributed by atoms with Gasteiger partial charge in [-0.15, -0.1) is 0 Å². The summed E-state index contributed by atoms with van der Waals surface area (Å²) in [7, 11) is 0. The monoisotopic (exact) mass is 584 g/mol. The van der Waals surface area contributed by atoms with E-state index in [1.807, 2.05) is 11.8 Å². The Morgan fingerprint density at radius 2 is 1.74 bits per heavy atom. The number of pyridine rings is 1. The molecule has 220 valence electrons. The molecule has 1 saturated heterocycles. The number of nitrogens with two attached hydrogens (primary N) is 1. The van der Waals surface area contributed by atoms with Crippen LogP contribution >= 0.6 is 0 Å². The molecule has 1 aromatic carbocycles. The van der Waals surface area contributed by atoms with Crippen molar-refractivity contribution < 1.29 is 13.6 Å². The van der Waals surface area contributed by atoms with E-state index >= 15 is 8.78 Å². The summed E-state index contributed by atoms with van der Waals surface area (Å²) in [6, 6.07) is 5.09. The lowest BCUT2D eigenvalue weighted by molar-refractivity contribution is -0.126. The number of fused-ring (bicyclic) bond motifs is 1. The zero-order valence-corrected chi connectivity index (χ0v) is 23.6. The van der Waals surface area contributed by atoms with E-state index in [-0.39, 0.29) is 57.6 Å². The van der Waals surface area contributed by atoms with Crippen LogP contribution in [-0.4, -0.2) is 61.0 Å². The van der Waals surface area contributed by atoms with Gasteiger partial charge in [0.1, 0.15) is 23.7 Å². The van der Waals surface area contributed by atoms with Gasteiger partial charge < -0.3 is 15.5 Å². The van der Waals surface area contributed by atoms with E-state index in [2.05, 4.69) is 26.5 Å². The van der Waals surface area contributed by atoms with Gasteiger partial charge in [0, 0.05) is 43.2 Å². The highest BCUT2D eigenvalue weighted by Gasteiger charge is 2.37. The summed E-state index contributed by atoms with van der Waals surface area (Å²) in [4.78, 5) is 48.3. The molecule has 1 unspecified atom stereocenters. The highest BCUT2D eigenvalue weighted by atomic mass is 19.1. The molecule has 1 atom stereocenters. The first-order valence-electron chi connectivity index (χ1n) is 14.5. The quantitative estimate of drug-likeness (QED) is 0.266. The molecule has 7 rings (SSSR count). The van der Waals surface area contributed by atoms with E-state index < -0.39 is 17.3 Å². The fraction of sp³-hybridized carbons (Fsp3) is 0.355. The Morgan fingerprint density at radius 1 is 1.05 bits per heavy atom. The van der Waals surface area contributed by atoms with Crippen LogP contribution in [0.2, 0.25) is 0 Å². The molecule has 0 spiro atoms. The maximum absolute atomic E-state index is 16.0. The topological polar surface area (TPSA) is 123 Å². The highest BCUT2D eigenvalue weighted by Crippen LogP contribution is 2.47. The van der Waals surface area contributed by atoms with E-state index in [4.69, 9.17) is 5.73 Å². The Balaban J connectivity index is 1.50. The number of anilines is 2. The number of nitrogen functional groups attached to an aromatic ring is 1. The van der Waals surface area contributed by atoms with E-state index in [0.717, 1.165) is 37.1 Å². The molecule has 12 heteroatoms. The van der Waals surface area contributed by atoms with Gasteiger partial charge in [-0.3, -0.25) is 4.79 Å². The second kappa shape index (κ2) is 10.2. The molecule has 1 amide bonds. The number of amides is 1. The summed E-state index contributed by atoms with van der Waals surface area (Å²) < 4.78 is 32.5. The number of halogens is 2. The summed E-state index contributed by atoms with van der Waals surface area (Å²) in [5.41, 5.74) is 7.13. The fourth-order valence-electron chi connectivity index (χ4n) is 6.04. The number of hydrogen-bond donors (Lipinski definition) is 1. The third kappa shape index (κ3) is 4.61. The van der Waals surface area contributed by atoms with Crippen LogP contribution in [0.25, 0.3) is 28.0 Å². The highest BCUT2D eigenvalue weighted by molar-refractivity contribution is 5.92. The van der Waals surface area contributed by atoms with Gasteiger partial charge in [0.25, 0.3) is 0 Å². The molecule has 4 aromatic rings. The van der Waals surface area contributed by atoms with Crippen LogP contribution in [0.4, 0.5) is 20.3 Å². The van der Waals surface area contributed by atoms with Gasteiger partial charge in [-0.05, 0) is 56.9 Å². The normalized spacial score (nSPS) is 18.7. The van der Waals surface area contributed by atoms with Crippen molar-refractivity contribution in [1.29, 1.82) is 0 Å². The molecule has 1 aliphatic heterocycles. The molecular formula is C31H30F2N8O2. The third-order valence-electron chi connectivity index (χ3n) is 8.50. The van der Waals surface area contributed by atoms with Gasteiger partial charge in [-0.1, -0.05) is 12.6 Å². The second-order valence-electron chi connectivity index (χ2n) is 11.5. The minimum Gasteiger partial charge on any atom is -0.398 e. The van der Waals surface area contributed by atoms with Gasteiger partial charge in [-0.2, -0.15) is 4.98 Å². The number of benzene rings is 1. The van der Waals surface area contributed by atoms with Crippen LogP contribution in [-0.2, 0) is 4.79 Å². The van der Waals surface area contributed by atoms with Crippen molar-refractivity contribution in [3.63, 3.8) is 0 Å². The van der Waals surface area contributed by atoms with Gasteiger partial charge in [0.15, 0.2) is 11.5 Å². The molecule has 3 fully saturated rings. The number of rotatable bonds is 6. The molecule has 2 N–H and O–H groups in total. The zero-order valence-electron chi connectivity index (χ0n) is 23.6. The molecule has 43 heavy (non-hydrogen) atoms. The fourth-order valence-corrected chi connectivity index (χ4v) is 6.04. The maximum atomic E-state index is 16.0. The predicted molar refractivity (Wildman–Crippen MR) is 158 cm³/mol. The van der Waals surface area contributed by atoms with Crippen molar-refractivity contribution in [3.8, 4) is 16.9 Å². The second-order valence-corrected chi connectivity index (χ2v) is 11.5. The van der Waals surface area contributed by atoms with Gasteiger partial charge in [-0.25, -0.2) is 33.1 Å². The number of piperazine rings is 1. The predicted octanol–water partition coefficient (Wildman–Crippen LogP) is 4.08. The van der Waals surface area contributed by atoms with E-state index in [1.54, 1.807) is 4.90 Å². The van der Waals surface area contributed by atoms with Crippen LogP contribution in [0.15, 0.2) is 48.0 Å². The van der Waals surface area contributed by atoms with Crippen molar-refractivity contribution in [3.05, 3.63) is 76.8 Å². The minimum atomic E-state index is -0.806. The van der Waals surface area contributed by atoms with Crippen molar-refractivity contribution in [1.82, 2.24) is 29.4 Å². The summed E-state index contributed by atoms with van der Waals surface area (Å²) >= 11 is 0. The third-order valence-corrected chi connectivity index (χ3v) is 8.50. The number of carbonyl (C=O) groups excluding carboxylic acids is 1. The van der Waals surface area contributed by atoms with Crippen LogP contribution in [0.1, 0.15) is 55.8 Å². The standard InChI is InChI=1S/C31H30F2N8O2/c1-3-23(42)39-11-12-40(16(2)14-39)29-19-13-21(33)27(24-20(32)5-4-6-22(24)34)37-30(19)41(31(43)38-29)28-25(17-7-8-17)35-15-36-26(28)18-9-10-18/h3-6,13,15-18H,1,7-12,14,34H2,2H3. The van der Waals surface area contributed by atoms with Crippen LogP contribution in [0, 0.1) is 11.6 Å². The average Bonchev–Trinajstić information content (AvgIpc) is 3.91. The summed E-state index contributed by atoms with van der Waals surface area (Å²) in [6.07, 6.45) is 6.51. The van der Waals surface area contributed by atoms with Gasteiger partial charge in [0.2, 0.25) is 5.91 Å². The molecular weight excluding hydrogens is 554 g/mol. The molecule has 2 aliphatic carbocycles. The number of carbonyl (C=O) groups is 1. The van der Waals surface area contributed by atoms with Gasteiger partial charge >= 0.3 is 5.69 Å². The van der Waals surface area contributed by atoms with E-state index in [0.29, 0.717) is 25.3 Å². The Hall–Kier alpha value is -4.74. The smallest absolute Gasteiger partial charge is 0.355 e. The van der Waals surface area contributed by atoms with Crippen molar-refractivity contribution >= 4 is 28.4 Å². The van der Waals surface area contributed by atoms with Crippen molar-refractivity contribution in [2.24, 2.45) is 0 Å². The molecule has 10 nitrogen and oxygen atoms in total. The van der Waals surface area contributed by atoms with Crippen LogP contribution in [0.3, 0.4) is 0 Å². The number of aromatic nitrogens is 5. The Labute approximate surface area is 245 Å². The van der Waals surface area contributed by atoms with Gasteiger partial charge in [0.05, 0.1) is 28.0 Å². The lowest BCUT2D eigenvalue weighted by Crippen LogP contribution is -2.54. The van der Waals surface area contributed by atoms with Crippen LogP contribution < -0.4 is 16.3 Å². The Bertz CT molecular complexity index is 1820. The first kappa shape index (κ1) is 27.1.